The number of aryl methyl sites for hydroxylation is 2. The number of piperazine rings is 1. The molecular weight excluding hydrogens is 364 g/mol. The lowest BCUT2D eigenvalue weighted by Gasteiger charge is -2.35. The van der Waals surface area contributed by atoms with Gasteiger partial charge < -0.3 is 9.80 Å². The Morgan fingerprint density at radius 1 is 1.00 bits per heavy atom. The van der Waals surface area contributed by atoms with Crippen molar-refractivity contribution < 1.29 is 4.79 Å². The number of hydrogen-bond acceptors (Lipinski definition) is 5. The molecule has 150 valence electrons. The summed E-state index contributed by atoms with van der Waals surface area (Å²) in [5.74, 6) is 1.87. The van der Waals surface area contributed by atoms with E-state index in [2.05, 4.69) is 32.1 Å². The molecule has 0 saturated carbocycles. The molecule has 0 radical (unpaired) electrons. The first kappa shape index (κ1) is 19.1. The number of hydrogen-bond donors (Lipinski definition) is 0. The lowest BCUT2D eigenvalue weighted by Crippen LogP contribution is -2.49. The van der Waals surface area contributed by atoms with Crippen LogP contribution in [0.2, 0.25) is 0 Å². The average molecular weight is 390 g/mol. The standard InChI is InChI=1S/C22H26N6O/c1-18-10-11-28(25-18)21-16-20(23-17-24-21)26-12-14-27(15-13-26)22(29)9-5-8-19-6-3-2-4-7-19/h2-4,6-7,10-11,16-17H,5,8-9,12-15H2,1H3. The molecule has 2 aromatic heterocycles. The van der Waals surface area contributed by atoms with E-state index in [1.54, 1.807) is 11.0 Å². The Balaban J connectivity index is 1.28. The van der Waals surface area contributed by atoms with Gasteiger partial charge in [-0.15, -0.1) is 0 Å². The summed E-state index contributed by atoms with van der Waals surface area (Å²) < 4.78 is 1.76. The summed E-state index contributed by atoms with van der Waals surface area (Å²) in [4.78, 5) is 25.5. The van der Waals surface area contributed by atoms with Gasteiger partial charge in [-0.2, -0.15) is 5.10 Å². The van der Waals surface area contributed by atoms with E-state index in [4.69, 9.17) is 0 Å². The van der Waals surface area contributed by atoms with Gasteiger partial charge in [-0.05, 0) is 31.4 Å². The molecule has 7 heteroatoms. The molecule has 1 aliphatic rings. The van der Waals surface area contributed by atoms with Gasteiger partial charge in [-0.1, -0.05) is 30.3 Å². The fourth-order valence-electron chi connectivity index (χ4n) is 3.61. The van der Waals surface area contributed by atoms with Crippen molar-refractivity contribution in [3.63, 3.8) is 0 Å². The van der Waals surface area contributed by atoms with Crippen molar-refractivity contribution in [3.8, 4) is 5.82 Å². The van der Waals surface area contributed by atoms with Crippen LogP contribution in [0.5, 0.6) is 0 Å². The van der Waals surface area contributed by atoms with Crippen molar-refractivity contribution in [1.29, 1.82) is 0 Å². The summed E-state index contributed by atoms with van der Waals surface area (Å²) in [5, 5.41) is 4.41. The van der Waals surface area contributed by atoms with Crippen molar-refractivity contribution >= 4 is 11.7 Å². The van der Waals surface area contributed by atoms with Crippen molar-refractivity contribution in [2.24, 2.45) is 0 Å². The average Bonchev–Trinajstić information content (AvgIpc) is 3.21. The van der Waals surface area contributed by atoms with E-state index in [1.165, 1.54) is 5.56 Å². The predicted molar refractivity (Wildman–Crippen MR) is 112 cm³/mol. The molecule has 29 heavy (non-hydrogen) atoms. The maximum absolute atomic E-state index is 12.5. The summed E-state index contributed by atoms with van der Waals surface area (Å²) in [5.41, 5.74) is 2.24. The number of rotatable bonds is 6. The van der Waals surface area contributed by atoms with Crippen molar-refractivity contribution in [2.75, 3.05) is 31.1 Å². The smallest absolute Gasteiger partial charge is 0.222 e. The number of nitrogens with zero attached hydrogens (tertiary/aromatic N) is 6. The maximum atomic E-state index is 12.5. The second-order valence-electron chi connectivity index (χ2n) is 7.34. The van der Waals surface area contributed by atoms with Gasteiger partial charge in [0.05, 0.1) is 5.69 Å². The molecule has 0 spiro atoms. The Labute approximate surface area is 171 Å². The molecule has 1 amide bonds. The molecule has 0 unspecified atom stereocenters. The van der Waals surface area contributed by atoms with Crippen LogP contribution >= 0.6 is 0 Å². The highest BCUT2D eigenvalue weighted by Crippen LogP contribution is 2.17. The van der Waals surface area contributed by atoms with Crippen molar-refractivity contribution in [3.05, 3.63) is 66.2 Å². The Bertz CT molecular complexity index is 947. The maximum Gasteiger partial charge on any atom is 0.222 e. The van der Waals surface area contributed by atoms with E-state index in [1.807, 2.05) is 48.4 Å². The Morgan fingerprint density at radius 3 is 2.48 bits per heavy atom. The molecule has 1 saturated heterocycles. The monoisotopic (exact) mass is 390 g/mol. The molecular formula is C22H26N6O. The number of amides is 1. The van der Waals surface area contributed by atoms with Gasteiger partial charge in [0, 0.05) is 44.9 Å². The second kappa shape index (κ2) is 8.86. The third kappa shape index (κ3) is 4.80. The van der Waals surface area contributed by atoms with Gasteiger partial charge in [-0.3, -0.25) is 4.79 Å². The fraction of sp³-hybridized carbons (Fsp3) is 0.364. The Kier molecular flexibility index (Phi) is 5.84. The summed E-state index contributed by atoms with van der Waals surface area (Å²) in [6, 6.07) is 14.2. The summed E-state index contributed by atoms with van der Waals surface area (Å²) >= 11 is 0. The number of anilines is 1. The molecule has 0 aliphatic carbocycles. The number of carbonyl (C=O) groups is 1. The lowest BCUT2D eigenvalue weighted by molar-refractivity contribution is -0.131. The number of carbonyl (C=O) groups excluding carboxylic acids is 1. The zero-order valence-electron chi connectivity index (χ0n) is 16.7. The summed E-state index contributed by atoms with van der Waals surface area (Å²) in [6.45, 7) is 4.96. The van der Waals surface area contributed by atoms with Crippen LogP contribution in [0, 0.1) is 6.92 Å². The van der Waals surface area contributed by atoms with E-state index in [0.717, 1.165) is 56.4 Å². The highest BCUT2D eigenvalue weighted by atomic mass is 16.2. The molecule has 4 rings (SSSR count). The molecule has 7 nitrogen and oxygen atoms in total. The number of aromatic nitrogens is 4. The summed E-state index contributed by atoms with van der Waals surface area (Å²) in [6.07, 6.45) is 5.91. The predicted octanol–water partition coefficient (Wildman–Crippen LogP) is 2.64. The van der Waals surface area contributed by atoms with E-state index >= 15 is 0 Å². The first-order valence-electron chi connectivity index (χ1n) is 10.1. The molecule has 1 aromatic carbocycles. The molecule has 0 N–H and O–H groups in total. The summed E-state index contributed by atoms with van der Waals surface area (Å²) in [7, 11) is 0. The molecule has 1 fully saturated rings. The zero-order valence-corrected chi connectivity index (χ0v) is 16.7. The third-order valence-corrected chi connectivity index (χ3v) is 5.25. The molecule has 3 aromatic rings. The molecule has 1 aliphatic heterocycles. The molecule has 0 atom stereocenters. The van der Waals surface area contributed by atoms with Crippen LogP contribution in [0.4, 0.5) is 5.82 Å². The minimum absolute atomic E-state index is 0.246. The van der Waals surface area contributed by atoms with Crippen molar-refractivity contribution in [2.45, 2.75) is 26.2 Å². The van der Waals surface area contributed by atoms with Gasteiger partial charge in [0.1, 0.15) is 12.1 Å². The van der Waals surface area contributed by atoms with E-state index < -0.39 is 0 Å². The van der Waals surface area contributed by atoms with Crippen LogP contribution in [0.3, 0.4) is 0 Å². The SMILES string of the molecule is Cc1ccn(-c2cc(N3CCN(C(=O)CCCc4ccccc4)CC3)ncn2)n1. The van der Waals surface area contributed by atoms with E-state index in [9.17, 15) is 4.79 Å². The normalized spacial score (nSPS) is 14.2. The quantitative estimate of drug-likeness (QED) is 0.647. The topological polar surface area (TPSA) is 67.2 Å². The van der Waals surface area contributed by atoms with Crippen LogP contribution in [-0.4, -0.2) is 56.7 Å². The van der Waals surface area contributed by atoms with Gasteiger partial charge >= 0.3 is 0 Å². The first-order chi connectivity index (χ1) is 14.2. The van der Waals surface area contributed by atoms with Gasteiger partial charge in [0.15, 0.2) is 5.82 Å². The van der Waals surface area contributed by atoms with Gasteiger partial charge in [-0.25, -0.2) is 14.6 Å². The van der Waals surface area contributed by atoms with Crippen molar-refractivity contribution in [1.82, 2.24) is 24.6 Å². The minimum atomic E-state index is 0.246. The highest BCUT2D eigenvalue weighted by molar-refractivity contribution is 5.76. The van der Waals surface area contributed by atoms with Crippen LogP contribution in [0.25, 0.3) is 5.82 Å². The fourth-order valence-corrected chi connectivity index (χ4v) is 3.61. The Hall–Kier alpha value is -3.22. The third-order valence-electron chi connectivity index (χ3n) is 5.25. The Morgan fingerprint density at radius 2 is 1.76 bits per heavy atom. The van der Waals surface area contributed by atoms with Crippen LogP contribution < -0.4 is 4.90 Å². The highest BCUT2D eigenvalue weighted by Gasteiger charge is 2.22. The largest absolute Gasteiger partial charge is 0.353 e. The van der Waals surface area contributed by atoms with Gasteiger partial charge in [0.25, 0.3) is 0 Å². The van der Waals surface area contributed by atoms with Crippen LogP contribution in [0.15, 0.2) is 55.0 Å². The first-order valence-corrected chi connectivity index (χ1v) is 10.1. The minimum Gasteiger partial charge on any atom is -0.353 e. The van der Waals surface area contributed by atoms with E-state index in [-0.39, 0.29) is 5.91 Å². The lowest BCUT2D eigenvalue weighted by atomic mass is 10.1. The van der Waals surface area contributed by atoms with E-state index in [0.29, 0.717) is 6.42 Å². The zero-order chi connectivity index (χ0) is 20.1. The van der Waals surface area contributed by atoms with Gasteiger partial charge in [0.2, 0.25) is 5.91 Å². The molecule has 3 heterocycles. The number of benzene rings is 1. The van der Waals surface area contributed by atoms with Crippen LogP contribution in [0.1, 0.15) is 24.1 Å². The van der Waals surface area contributed by atoms with Crippen LogP contribution in [-0.2, 0) is 11.2 Å². The molecule has 0 bridgehead atoms. The second-order valence-corrected chi connectivity index (χ2v) is 7.34.